The standard InChI is InChI=1S/C23H24N4O2S/c1-15-6-7-20(29-15)22-25-21(24)19-13-18(30-23(19)26-22)12-16-4-2-3-5-17(16)14-27-8-10-28-11-9-27/h2-7,13H,8-12,14H2,1H3,(H2,24,25,26). The van der Waals surface area contributed by atoms with Crippen LogP contribution in [0.25, 0.3) is 21.8 Å². The molecule has 0 amide bonds. The molecule has 6 nitrogen and oxygen atoms in total. The molecule has 0 bridgehead atoms. The van der Waals surface area contributed by atoms with Gasteiger partial charge in [0.05, 0.1) is 18.6 Å². The zero-order valence-corrected chi connectivity index (χ0v) is 17.7. The van der Waals surface area contributed by atoms with Crippen LogP contribution in [0, 0.1) is 6.92 Å². The molecule has 30 heavy (non-hydrogen) atoms. The molecule has 1 saturated heterocycles. The lowest BCUT2D eigenvalue weighted by atomic mass is 10.0. The maximum absolute atomic E-state index is 6.26. The van der Waals surface area contributed by atoms with E-state index in [1.165, 1.54) is 16.0 Å². The fraction of sp³-hybridized carbons (Fsp3) is 0.304. The summed E-state index contributed by atoms with van der Waals surface area (Å²) in [5.41, 5.74) is 8.96. The Morgan fingerprint density at radius 3 is 2.63 bits per heavy atom. The average Bonchev–Trinajstić information content (AvgIpc) is 3.36. The Hall–Kier alpha value is -2.74. The Morgan fingerprint density at radius 2 is 1.87 bits per heavy atom. The van der Waals surface area contributed by atoms with Crippen LogP contribution in [-0.4, -0.2) is 41.2 Å². The van der Waals surface area contributed by atoms with Gasteiger partial charge in [-0.1, -0.05) is 24.3 Å². The molecule has 0 atom stereocenters. The molecule has 3 aromatic heterocycles. The molecule has 1 aliphatic heterocycles. The van der Waals surface area contributed by atoms with E-state index >= 15 is 0 Å². The summed E-state index contributed by atoms with van der Waals surface area (Å²) in [6.07, 6.45) is 0.857. The Morgan fingerprint density at radius 1 is 1.07 bits per heavy atom. The average molecular weight is 421 g/mol. The molecular formula is C23H24N4O2S. The lowest BCUT2D eigenvalue weighted by Gasteiger charge is -2.27. The van der Waals surface area contributed by atoms with Crippen molar-refractivity contribution in [1.29, 1.82) is 0 Å². The normalized spacial score (nSPS) is 15.1. The molecular weight excluding hydrogens is 396 g/mol. The van der Waals surface area contributed by atoms with E-state index in [-0.39, 0.29) is 0 Å². The third kappa shape index (κ3) is 3.96. The number of aromatic nitrogens is 2. The summed E-state index contributed by atoms with van der Waals surface area (Å²) in [7, 11) is 0. The molecule has 0 radical (unpaired) electrons. The van der Waals surface area contributed by atoms with Crippen molar-refractivity contribution in [2.45, 2.75) is 19.9 Å². The first kappa shape index (κ1) is 19.2. The summed E-state index contributed by atoms with van der Waals surface area (Å²) in [6, 6.07) is 14.6. The highest BCUT2D eigenvalue weighted by molar-refractivity contribution is 7.18. The zero-order valence-electron chi connectivity index (χ0n) is 16.9. The van der Waals surface area contributed by atoms with Gasteiger partial charge in [-0.05, 0) is 36.2 Å². The van der Waals surface area contributed by atoms with Crippen molar-refractivity contribution in [3.05, 3.63) is 64.2 Å². The van der Waals surface area contributed by atoms with Gasteiger partial charge in [0.25, 0.3) is 0 Å². The second kappa shape index (κ2) is 8.18. The van der Waals surface area contributed by atoms with Crippen LogP contribution in [0.3, 0.4) is 0 Å². The van der Waals surface area contributed by atoms with E-state index in [0.29, 0.717) is 17.4 Å². The first-order valence-corrected chi connectivity index (χ1v) is 11.0. The highest BCUT2D eigenvalue weighted by atomic mass is 32.1. The lowest BCUT2D eigenvalue weighted by molar-refractivity contribution is 0.0341. The topological polar surface area (TPSA) is 77.4 Å². The predicted octanol–water partition coefficient (Wildman–Crippen LogP) is 4.26. The quantitative estimate of drug-likeness (QED) is 0.520. The van der Waals surface area contributed by atoms with Gasteiger partial charge in [0.15, 0.2) is 11.6 Å². The highest BCUT2D eigenvalue weighted by Crippen LogP contribution is 2.32. The predicted molar refractivity (Wildman–Crippen MR) is 120 cm³/mol. The fourth-order valence-corrected chi connectivity index (χ4v) is 4.88. The van der Waals surface area contributed by atoms with Crippen LogP contribution in [0.5, 0.6) is 0 Å². The van der Waals surface area contributed by atoms with E-state index < -0.39 is 0 Å². The number of nitrogens with zero attached hydrogens (tertiary/aromatic N) is 3. The van der Waals surface area contributed by atoms with Crippen molar-refractivity contribution in [1.82, 2.24) is 14.9 Å². The minimum absolute atomic E-state index is 0.494. The van der Waals surface area contributed by atoms with Crippen molar-refractivity contribution in [3.8, 4) is 11.6 Å². The van der Waals surface area contributed by atoms with Gasteiger partial charge in [-0.2, -0.15) is 0 Å². The number of morpholine rings is 1. The number of ether oxygens (including phenoxy) is 1. The van der Waals surface area contributed by atoms with Crippen LogP contribution in [0.2, 0.25) is 0 Å². The van der Waals surface area contributed by atoms with Crippen molar-refractivity contribution in [2.24, 2.45) is 0 Å². The molecule has 0 spiro atoms. The number of rotatable bonds is 5. The van der Waals surface area contributed by atoms with E-state index in [0.717, 1.165) is 55.2 Å². The molecule has 4 heterocycles. The molecule has 1 fully saturated rings. The molecule has 5 rings (SSSR count). The lowest BCUT2D eigenvalue weighted by Crippen LogP contribution is -2.35. The maximum atomic E-state index is 6.26. The molecule has 1 aromatic carbocycles. The Balaban J connectivity index is 1.43. The monoisotopic (exact) mass is 420 g/mol. The van der Waals surface area contributed by atoms with E-state index in [1.807, 2.05) is 19.1 Å². The van der Waals surface area contributed by atoms with Crippen LogP contribution in [0.15, 0.2) is 46.9 Å². The molecule has 2 N–H and O–H groups in total. The van der Waals surface area contributed by atoms with Gasteiger partial charge in [-0.3, -0.25) is 4.90 Å². The van der Waals surface area contributed by atoms with Crippen LogP contribution in [-0.2, 0) is 17.7 Å². The third-order valence-corrected chi connectivity index (χ3v) is 6.44. The van der Waals surface area contributed by atoms with Gasteiger partial charge >= 0.3 is 0 Å². The summed E-state index contributed by atoms with van der Waals surface area (Å²) in [6.45, 7) is 6.45. The largest absolute Gasteiger partial charge is 0.458 e. The second-order valence-corrected chi connectivity index (χ2v) is 8.72. The van der Waals surface area contributed by atoms with E-state index in [9.17, 15) is 0 Å². The summed E-state index contributed by atoms with van der Waals surface area (Å²) in [4.78, 5) is 13.7. The molecule has 1 aliphatic rings. The Labute approximate surface area is 179 Å². The molecule has 4 aromatic rings. The second-order valence-electron chi connectivity index (χ2n) is 7.61. The minimum atomic E-state index is 0.494. The SMILES string of the molecule is Cc1ccc(-c2nc(N)c3cc(Cc4ccccc4CN4CCOCC4)sc3n2)o1. The Bertz CT molecular complexity index is 1180. The molecule has 0 saturated carbocycles. The summed E-state index contributed by atoms with van der Waals surface area (Å²) in [5, 5.41) is 0.910. The van der Waals surface area contributed by atoms with Gasteiger partial charge < -0.3 is 14.9 Å². The number of hydrogen-bond donors (Lipinski definition) is 1. The van der Waals surface area contributed by atoms with Gasteiger partial charge in [-0.15, -0.1) is 11.3 Å². The number of thiophene rings is 1. The van der Waals surface area contributed by atoms with Crippen molar-refractivity contribution in [3.63, 3.8) is 0 Å². The summed E-state index contributed by atoms with van der Waals surface area (Å²) in [5.74, 6) is 2.50. The van der Waals surface area contributed by atoms with Gasteiger partial charge in [-0.25, -0.2) is 9.97 Å². The number of furan rings is 1. The Kier molecular flexibility index (Phi) is 5.25. The number of hydrogen-bond acceptors (Lipinski definition) is 7. The van der Waals surface area contributed by atoms with Gasteiger partial charge in [0, 0.05) is 30.9 Å². The smallest absolute Gasteiger partial charge is 0.199 e. The van der Waals surface area contributed by atoms with E-state index in [4.69, 9.17) is 19.9 Å². The van der Waals surface area contributed by atoms with Crippen LogP contribution < -0.4 is 5.73 Å². The van der Waals surface area contributed by atoms with Gasteiger partial charge in [0.2, 0.25) is 0 Å². The number of nitrogen functional groups attached to an aromatic ring is 1. The summed E-state index contributed by atoms with van der Waals surface area (Å²) < 4.78 is 11.2. The number of fused-ring (bicyclic) bond motifs is 1. The number of nitrogens with two attached hydrogens (primary N) is 1. The maximum Gasteiger partial charge on any atom is 0.199 e. The third-order valence-electron chi connectivity index (χ3n) is 5.41. The number of benzene rings is 1. The van der Waals surface area contributed by atoms with E-state index in [2.05, 4.69) is 40.2 Å². The molecule has 0 aliphatic carbocycles. The van der Waals surface area contributed by atoms with Gasteiger partial charge in [0.1, 0.15) is 16.4 Å². The zero-order chi connectivity index (χ0) is 20.5. The van der Waals surface area contributed by atoms with Crippen molar-refractivity contribution < 1.29 is 9.15 Å². The van der Waals surface area contributed by atoms with E-state index in [1.54, 1.807) is 11.3 Å². The summed E-state index contributed by atoms with van der Waals surface area (Å²) >= 11 is 1.67. The minimum Gasteiger partial charge on any atom is -0.458 e. The van der Waals surface area contributed by atoms with Crippen molar-refractivity contribution >= 4 is 27.4 Å². The first-order chi connectivity index (χ1) is 14.7. The fourth-order valence-electron chi connectivity index (χ4n) is 3.82. The number of anilines is 1. The highest BCUT2D eigenvalue weighted by Gasteiger charge is 2.16. The van der Waals surface area contributed by atoms with Crippen LogP contribution >= 0.6 is 11.3 Å². The molecule has 7 heteroatoms. The van der Waals surface area contributed by atoms with Crippen molar-refractivity contribution in [2.75, 3.05) is 32.0 Å². The molecule has 0 unspecified atom stereocenters. The first-order valence-electron chi connectivity index (χ1n) is 10.2. The van der Waals surface area contributed by atoms with Crippen LogP contribution in [0.1, 0.15) is 21.8 Å². The van der Waals surface area contributed by atoms with Crippen LogP contribution in [0.4, 0.5) is 5.82 Å². The number of aryl methyl sites for hydroxylation is 1. The molecule has 154 valence electrons.